The first-order chi connectivity index (χ1) is 20.6. The summed E-state index contributed by atoms with van der Waals surface area (Å²) in [5.74, 6) is 2.15. The highest BCUT2D eigenvalue weighted by atomic mass is 16.6. The summed E-state index contributed by atoms with van der Waals surface area (Å²) in [6.45, 7) is 3.98. The molecule has 0 aliphatic carbocycles. The molecule has 1 atom stereocenters. The van der Waals surface area contributed by atoms with E-state index in [-0.39, 0.29) is 12.5 Å². The summed E-state index contributed by atoms with van der Waals surface area (Å²) in [4.78, 5) is 15.2. The van der Waals surface area contributed by atoms with Crippen LogP contribution in [0.3, 0.4) is 0 Å². The fourth-order valence-corrected chi connectivity index (χ4v) is 5.28. The van der Waals surface area contributed by atoms with E-state index >= 15 is 0 Å². The van der Waals surface area contributed by atoms with E-state index in [1.165, 1.54) is 0 Å². The molecule has 0 amide bonds. The van der Waals surface area contributed by atoms with E-state index in [9.17, 15) is 0 Å². The van der Waals surface area contributed by atoms with Crippen LogP contribution in [0.1, 0.15) is 46.6 Å². The number of oxime groups is 1. The summed E-state index contributed by atoms with van der Waals surface area (Å²) < 4.78 is 15.2. The van der Waals surface area contributed by atoms with Gasteiger partial charge >= 0.3 is 0 Å². The van der Waals surface area contributed by atoms with Gasteiger partial charge in [0.2, 0.25) is 11.8 Å². The number of nitrogens with zero attached hydrogens (tertiary/aromatic N) is 7. The maximum Gasteiger partial charge on any atom is 0.230 e. The van der Waals surface area contributed by atoms with E-state index < -0.39 is 0 Å². The number of ether oxygens (including phenoxy) is 2. The van der Waals surface area contributed by atoms with E-state index in [2.05, 4.69) is 27.4 Å². The summed E-state index contributed by atoms with van der Waals surface area (Å²) in [6, 6.07) is 27.8. The molecule has 0 radical (unpaired) electrons. The van der Waals surface area contributed by atoms with Crippen LogP contribution in [0.4, 0.5) is 0 Å². The zero-order chi connectivity index (χ0) is 28.6. The van der Waals surface area contributed by atoms with Crippen molar-refractivity contribution in [1.29, 1.82) is 0 Å². The van der Waals surface area contributed by atoms with Crippen LogP contribution < -0.4 is 9.47 Å². The molecule has 1 aliphatic heterocycles. The Morgan fingerprint density at radius 2 is 1.67 bits per heavy atom. The third-order valence-corrected chi connectivity index (χ3v) is 7.30. The van der Waals surface area contributed by atoms with Crippen LogP contribution >= 0.6 is 0 Å². The standard InChI is InChI=1S/C32H27N7O3/c1-20(22-14-16-25(40-3)17-15-22)37-41-18-26-34-30-29-28(23-10-6-4-7-11-23)27-21(2)35-39(24-12-8-5-9-13-24)32(27)42-31(29)33-19-38(30)36-26/h4-17,19,28H,18H2,1-3H3. The molecule has 42 heavy (non-hydrogen) atoms. The molecule has 0 saturated carbocycles. The molecule has 0 fully saturated rings. The highest BCUT2D eigenvalue weighted by Crippen LogP contribution is 2.49. The molecule has 4 heterocycles. The Balaban J connectivity index is 1.26. The number of fused-ring (bicyclic) bond motifs is 4. The molecule has 10 heteroatoms. The van der Waals surface area contributed by atoms with Crippen LogP contribution in [0.15, 0.2) is 96.4 Å². The molecule has 3 aromatic carbocycles. The third-order valence-electron chi connectivity index (χ3n) is 7.30. The van der Waals surface area contributed by atoms with Gasteiger partial charge in [0.05, 0.1) is 41.2 Å². The van der Waals surface area contributed by atoms with Gasteiger partial charge in [0, 0.05) is 0 Å². The topological polar surface area (TPSA) is 101 Å². The average molecular weight is 558 g/mol. The van der Waals surface area contributed by atoms with E-state index in [0.717, 1.165) is 45.1 Å². The van der Waals surface area contributed by atoms with Gasteiger partial charge in [-0.3, -0.25) is 0 Å². The minimum absolute atomic E-state index is 0.0943. The van der Waals surface area contributed by atoms with Crippen molar-refractivity contribution in [2.24, 2.45) is 5.16 Å². The predicted octanol–water partition coefficient (Wildman–Crippen LogP) is 5.85. The van der Waals surface area contributed by atoms with Gasteiger partial charge in [-0.25, -0.2) is 19.2 Å². The number of benzene rings is 3. The fraction of sp³-hybridized carbons (Fsp3) is 0.156. The van der Waals surface area contributed by atoms with E-state index in [0.29, 0.717) is 23.2 Å². The van der Waals surface area contributed by atoms with Crippen LogP contribution in [0.25, 0.3) is 11.3 Å². The molecular formula is C32H27N7O3. The minimum Gasteiger partial charge on any atom is -0.497 e. The molecule has 0 saturated heterocycles. The maximum absolute atomic E-state index is 6.48. The zero-order valence-electron chi connectivity index (χ0n) is 23.3. The fourth-order valence-electron chi connectivity index (χ4n) is 5.28. The number of para-hydroxylation sites is 1. The van der Waals surface area contributed by atoms with Crippen molar-refractivity contribution in [3.63, 3.8) is 0 Å². The van der Waals surface area contributed by atoms with Crippen molar-refractivity contribution in [3.8, 4) is 23.2 Å². The molecule has 208 valence electrons. The number of hydrogen-bond donors (Lipinski definition) is 0. The van der Waals surface area contributed by atoms with Gasteiger partial charge < -0.3 is 14.3 Å². The first kappa shape index (κ1) is 25.5. The second-order valence-corrected chi connectivity index (χ2v) is 9.94. The van der Waals surface area contributed by atoms with Gasteiger partial charge in [0.25, 0.3) is 0 Å². The number of hydrogen-bond acceptors (Lipinski definition) is 8. The quantitative estimate of drug-likeness (QED) is 0.179. The van der Waals surface area contributed by atoms with Gasteiger partial charge in [-0.05, 0) is 61.4 Å². The first-order valence-electron chi connectivity index (χ1n) is 13.5. The smallest absolute Gasteiger partial charge is 0.230 e. The molecule has 7 rings (SSSR count). The van der Waals surface area contributed by atoms with Crippen molar-refractivity contribution < 1.29 is 14.3 Å². The molecule has 0 N–H and O–H groups in total. The van der Waals surface area contributed by atoms with Crippen LogP contribution in [0.2, 0.25) is 0 Å². The Morgan fingerprint density at radius 1 is 0.929 bits per heavy atom. The second-order valence-electron chi connectivity index (χ2n) is 9.94. The van der Waals surface area contributed by atoms with Crippen LogP contribution in [0, 0.1) is 6.92 Å². The van der Waals surface area contributed by atoms with Gasteiger partial charge in [0.1, 0.15) is 12.1 Å². The monoisotopic (exact) mass is 557 g/mol. The van der Waals surface area contributed by atoms with Crippen LogP contribution in [-0.2, 0) is 11.4 Å². The SMILES string of the molecule is COc1ccc(C(C)=NOCc2nc3c4c(ncn3n2)Oc2c(c(C)nn2-c2ccccc2)C4c2ccccc2)cc1. The van der Waals surface area contributed by atoms with Gasteiger partial charge in [-0.2, -0.15) is 5.10 Å². The Morgan fingerprint density at radius 3 is 2.40 bits per heavy atom. The average Bonchev–Trinajstić information content (AvgIpc) is 3.61. The third kappa shape index (κ3) is 4.43. The van der Waals surface area contributed by atoms with Gasteiger partial charge in [0.15, 0.2) is 18.1 Å². The minimum atomic E-state index is -0.216. The molecule has 6 aromatic rings. The van der Waals surface area contributed by atoms with E-state index in [4.69, 9.17) is 24.4 Å². The molecule has 10 nitrogen and oxygen atoms in total. The van der Waals surface area contributed by atoms with Gasteiger partial charge in [-0.15, -0.1) is 5.10 Å². The number of aryl methyl sites for hydroxylation is 1. The van der Waals surface area contributed by atoms with Crippen molar-refractivity contribution in [1.82, 2.24) is 29.4 Å². The van der Waals surface area contributed by atoms with Crippen molar-refractivity contribution in [3.05, 3.63) is 125 Å². The Hall–Kier alpha value is -5.51. The lowest BCUT2D eigenvalue weighted by molar-refractivity contribution is 0.125. The predicted molar refractivity (Wildman–Crippen MR) is 157 cm³/mol. The molecular weight excluding hydrogens is 530 g/mol. The number of methoxy groups -OCH3 is 1. The van der Waals surface area contributed by atoms with E-state index in [1.807, 2.05) is 91.3 Å². The zero-order valence-corrected chi connectivity index (χ0v) is 23.3. The van der Waals surface area contributed by atoms with Crippen LogP contribution in [0.5, 0.6) is 17.5 Å². The normalized spacial score (nSPS) is 14.3. The van der Waals surface area contributed by atoms with Gasteiger partial charge in [-0.1, -0.05) is 53.7 Å². The highest BCUT2D eigenvalue weighted by molar-refractivity contribution is 5.98. The summed E-state index contributed by atoms with van der Waals surface area (Å²) >= 11 is 0. The van der Waals surface area contributed by atoms with Crippen molar-refractivity contribution in [2.45, 2.75) is 26.4 Å². The largest absolute Gasteiger partial charge is 0.497 e. The molecule has 3 aromatic heterocycles. The van der Waals surface area contributed by atoms with Crippen molar-refractivity contribution in [2.75, 3.05) is 7.11 Å². The summed E-state index contributed by atoms with van der Waals surface area (Å²) in [7, 11) is 1.64. The Kier molecular flexibility index (Phi) is 6.35. The first-order valence-corrected chi connectivity index (χ1v) is 13.5. The lowest BCUT2D eigenvalue weighted by atomic mass is 9.84. The Bertz CT molecular complexity index is 1910. The lowest BCUT2D eigenvalue weighted by Crippen LogP contribution is -2.16. The maximum atomic E-state index is 6.48. The van der Waals surface area contributed by atoms with Crippen molar-refractivity contribution >= 4 is 11.4 Å². The number of rotatable bonds is 7. The second kappa shape index (κ2) is 10.5. The van der Waals surface area contributed by atoms with E-state index in [1.54, 1.807) is 18.0 Å². The molecule has 1 aliphatic rings. The lowest BCUT2D eigenvalue weighted by Gasteiger charge is -2.26. The summed E-state index contributed by atoms with van der Waals surface area (Å²) in [5.41, 5.74) is 6.94. The summed E-state index contributed by atoms with van der Waals surface area (Å²) in [6.07, 6.45) is 1.61. The summed E-state index contributed by atoms with van der Waals surface area (Å²) in [5, 5.41) is 13.8. The molecule has 1 unspecified atom stereocenters. The van der Waals surface area contributed by atoms with Crippen LogP contribution in [-0.4, -0.2) is 42.2 Å². The number of aromatic nitrogens is 6. The molecule has 0 spiro atoms. The highest BCUT2D eigenvalue weighted by Gasteiger charge is 2.38. The molecule has 0 bridgehead atoms. The Labute approximate surface area is 241 Å².